The number of likely N-dealkylation sites (N-methyl/N-ethyl adjacent to an activating group) is 2. The van der Waals surface area contributed by atoms with Crippen LogP contribution in [-0.2, 0) is 14.4 Å². The standard InChI is InChI=1S/C14H27N3O3/c1-6-11(18)10-12(17(5)13(19)7-2)14(20)15-8-9-16(3)4/h12H,6-10H2,1-5H3,(H,15,20). The maximum atomic E-state index is 12.2. The minimum atomic E-state index is -0.711. The van der Waals surface area contributed by atoms with Crippen molar-refractivity contribution in [2.45, 2.75) is 39.2 Å². The summed E-state index contributed by atoms with van der Waals surface area (Å²) in [5.74, 6) is -0.423. The molecule has 0 aromatic rings. The van der Waals surface area contributed by atoms with E-state index >= 15 is 0 Å². The summed E-state index contributed by atoms with van der Waals surface area (Å²) < 4.78 is 0. The first kappa shape index (κ1) is 18.6. The first-order valence-electron chi connectivity index (χ1n) is 7.03. The molecule has 6 nitrogen and oxygen atoms in total. The second kappa shape index (κ2) is 9.47. The van der Waals surface area contributed by atoms with Gasteiger partial charge in [0.1, 0.15) is 11.8 Å². The van der Waals surface area contributed by atoms with Gasteiger partial charge in [0.25, 0.3) is 0 Å². The van der Waals surface area contributed by atoms with Gasteiger partial charge in [-0.05, 0) is 14.1 Å². The monoisotopic (exact) mass is 285 g/mol. The van der Waals surface area contributed by atoms with Crippen molar-refractivity contribution in [3.63, 3.8) is 0 Å². The smallest absolute Gasteiger partial charge is 0.243 e. The van der Waals surface area contributed by atoms with Gasteiger partial charge < -0.3 is 15.1 Å². The number of Topliss-reactive ketones (excluding diaryl/α,β-unsaturated/α-hetero) is 1. The van der Waals surface area contributed by atoms with Crippen molar-refractivity contribution >= 4 is 17.6 Å². The highest BCUT2D eigenvalue weighted by molar-refractivity contribution is 5.92. The molecule has 0 heterocycles. The van der Waals surface area contributed by atoms with Crippen molar-refractivity contribution in [1.29, 1.82) is 0 Å². The quantitative estimate of drug-likeness (QED) is 0.660. The van der Waals surface area contributed by atoms with Crippen LogP contribution >= 0.6 is 0 Å². The molecule has 1 N–H and O–H groups in total. The maximum absolute atomic E-state index is 12.2. The molecule has 20 heavy (non-hydrogen) atoms. The van der Waals surface area contributed by atoms with Gasteiger partial charge in [0.15, 0.2) is 0 Å². The molecule has 0 aliphatic carbocycles. The Balaban J connectivity index is 4.69. The predicted molar refractivity (Wildman–Crippen MR) is 78.3 cm³/mol. The highest BCUT2D eigenvalue weighted by Crippen LogP contribution is 2.07. The molecular formula is C14H27N3O3. The van der Waals surface area contributed by atoms with E-state index in [-0.39, 0.29) is 24.0 Å². The van der Waals surface area contributed by atoms with Crippen LogP contribution in [0.2, 0.25) is 0 Å². The van der Waals surface area contributed by atoms with Gasteiger partial charge in [0.05, 0.1) is 0 Å². The third kappa shape index (κ3) is 6.65. The molecule has 0 spiro atoms. The Kier molecular flexibility index (Phi) is 8.79. The van der Waals surface area contributed by atoms with Crippen molar-refractivity contribution in [2.24, 2.45) is 0 Å². The van der Waals surface area contributed by atoms with Crippen LogP contribution in [0.3, 0.4) is 0 Å². The summed E-state index contributed by atoms with van der Waals surface area (Å²) in [4.78, 5) is 38.8. The zero-order valence-electron chi connectivity index (χ0n) is 13.2. The molecule has 0 aromatic carbocycles. The molecule has 6 heteroatoms. The van der Waals surface area contributed by atoms with E-state index in [0.717, 1.165) is 0 Å². The van der Waals surface area contributed by atoms with E-state index in [1.165, 1.54) is 4.90 Å². The summed E-state index contributed by atoms with van der Waals surface area (Å²) in [6, 6.07) is -0.711. The van der Waals surface area contributed by atoms with Crippen LogP contribution in [0.25, 0.3) is 0 Å². The summed E-state index contributed by atoms with van der Waals surface area (Å²) in [6.07, 6.45) is 0.764. The van der Waals surface area contributed by atoms with Crippen LogP contribution in [0.1, 0.15) is 33.1 Å². The molecule has 0 aliphatic rings. The second-order valence-corrected chi connectivity index (χ2v) is 5.06. The van der Waals surface area contributed by atoms with Crippen LogP contribution in [0.4, 0.5) is 0 Å². The summed E-state index contributed by atoms with van der Waals surface area (Å²) >= 11 is 0. The zero-order valence-corrected chi connectivity index (χ0v) is 13.2. The third-order valence-electron chi connectivity index (χ3n) is 3.14. The van der Waals surface area contributed by atoms with E-state index < -0.39 is 6.04 Å². The van der Waals surface area contributed by atoms with Gasteiger partial charge in [-0.3, -0.25) is 14.4 Å². The third-order valence-corrected chi connectivity index (χ3v) is 3.14. The van der Waals surface area contributed by atoms with Crippen molar-refractivity contribution < 1.29 is 14.4 Å². The highest BCUT2D eigenvalue weighted by atomic mass is 16.2. The van der Waals surface area contributed by atoms with Crippen molar-refractivity contribution in [3.05, 3.63) is 0 Å². The van der Waals surface area contributed by atoms with Crippen LogP contribution in [0.15, 0.2) is 0 Å². The number of nitrogens with zero attached hydrogens (tertiary/aromatic N) is 2. The molecule has 0 aromatic heterocycles. The number of rotatable bonds is 9. The maximum Gasteiger partial charge on any atom is 0.243 e. The van der Waals surface area contributed by atoms with Gasteiger partial charge in [-0.1, -0.05) is 13.8 Å². The van der Waals surface area contributed by atoms with Gasteiger partial charge in [-0.2, -0.15) is 0 Å². The number of amides is 2. The molecule has 0 rings (SSSR count). The molecule has 0 bridgehead atoms. The lowest BCUT2D eigenvalue weighted by molar-refractivity contribution is -0.140. The van der Waals surface area contributed by atoms with Crippen LogP contribution in [-0.4, -0.2) is 67.7 Å². The summed E-state index contributed by atoms with van der Waals surface area (Å²) in [6.45, 7) is 4.70. The van der Waals surface area contributed by atoms with Crippen molar-refractivity contribution in [3.8, 4) is 0 Å². The van der Waals surface area contributed by atoms with Gasteiger partial charge in [0, 0.05) is 39.4 Å². The average molecular weight is 285 g/mol. The number of nitrogens with one attached hydrogen (secondary N) is 1. The molecule has 2 amide bonds. The van der Waals surface area contributed by atoms with E-state index in [1.807, 2.05) is 19.0 Å². The van der Waals surface area contributed by atoms with E-state index in [4.69, 9.17) is 0 Å². The van der Waals surface area contributed by atoms with Gasteiger partial charge in [-0.15, -0.1) is 0 Å². The Hall–Kier alpha value is -1.43. The molecule has 0 saturated carbocycles. The van der Waals surface area contributed by atoms with Gasteiger partial charge in [0.2, 0.25) is 11.8 Å². The highest BCUT2D eigenvalue weighted by Gasteiger charge is 2.27. The SMILES string of the molecule is CCC(=O)CC(C(=O)NCCN(C)C)N(C)C(=O)CC. The summed E-state index contributed by atoms with van der Waals surface area (Å²) in [5, 5.41) is 2.78. The fourth-order valence-electron chi connectivity index (χ4n) is 1.71. The Morgan fingerprint density at radius 1 is 1.05 bits per heavy atom. The molecule has 1 atom stereocenters. The number of hydrogen-bond donors (Lipinski definition) is 1. The van der Waals surface area contributed by atoms with E-state index in [0.29, 0.717) is 25.9 Å². The van der Waals surface area contributed by atoms with Crippen molar-refractivity contribution in [2.75, 3.05) is 34.2 Å². The Labute approximate surface area is 121 Å². The van der Waals surface area contributed by atoms with Gasteiger partial charge >= 0.3 is 0 Å². The average Bonchev–Trinajstić information content (AvgIpc) is 2.42. The van der Waals surface area contributed by atoms with Crippen molar-refractivity contribution in [1.82, 2.24) is 15.1 Å². The Bertz CT molecular complexity index is 343. The zero-order chi connectivity index (χ0) is 15.7. The minimum Gasteiger partial charge on any atom is -0.353 e. The summed E-state index contributed by atoms with van der Waals surface area (Å²) in [5.41, 5.74) is 0. The number of hydrogen-bond acceptors (Lipinski definition) is 4. The molecule has 116 valence electrons. The second-order valence-electron chi connectivity index (χ2n) is 5.06. The number of carbonyl (C=O) groups excluding carboxylic acids is 3. The lowest BCUT2D eigenvalue weighted by atomic mass is 10.1. The van der Waals surface area contributed by atoms with Crippen LogP contribution in [0, 0.1) is 0 Å². The lowest BCUT2D eigenvalue weighted by Crippen LogP contribution is -2.49. The van der Waals surface area contributed by atoms with E-state index in [2.05, 4.69) is 5.32 Å². The minimum absolute atomic E-state index is 0.0199. The molecule has 0 fully saturated rings. The normalized spacial score (nSPS) is 12.1. The first-order chi connectivity index (χ1) is 9.33. The summed E-state index contributed by atoms with van der Waals surface area (Å²) in [7, 11) is 5.40. The first-order valence-corrected chi connectivity index (χ1v) is 7.03. The largest absolute Gasteiger partial charge is 0.353 e. The van der Waals surface area contributed by atoms with E-state index in [9.17, 15) is 14.4 Å². The fourth-order valence-corrected chi connectivity index (χ4v) is 1.71. The van der Waals surface area contributed by atoms with Crippen LogP contribution in [0.5, 0.6) is 0 Å². The molecular weight excluding hydrogens is 258 g/mol. The van der Waals surface area contributed by atoms with Crippen LogP contribution < -0.4 is 5.32 Å². The number of carbonyl (C=O) groups is 3. The topological polar surface area (TPSA) is 69.7 Å². The molecule has 1 unspecified atom stereocenters. The Morgan fingerprint density at radius 3 is 2.10 bits per heavy atom. The Morgan fingerprint density at radius 2 is 1.65 bits per heavy atom. The lowest BCUT2D eigenvalue weighted by Gasteiger charge is -2.27. The predicted octanol–water partition coefficient (Wildman–Crippen LogP) is 0.270. The molecule has 0 radical (unpaired) electrons. The van der Waals surface area contributed by atoms with Gasteiger partial charge in [-0.25, -0.2) is 0 Å². The number of ketones is 1. The van der Waals surface area contributed by atoms with E-state index in [1.54, 1.807) is 20.9 Å². The molecule has 0 aliphatic heterocycles. The fraction of sp³-hybridized carbons (Fsp3) is 0.786. The molecule has 0 saturated heterocycles.